The van der Waals surface area contributed by atoms with Gasteiger partial charge in [-0.05, 0) is 12.8 Å². The van der Waals surface area contributed by atoms with Gasteiger partial charge in [-0.3, -0.25) is 4.79 Å². The van der Waals surface area contributed by atoms with Crippen LogP contribution in [0.3, 0.4) is 0 Å². The molecule has 0 saturated carbocycles. The average molecular weight is 177 g/mol. The summed E-state index contributed by atoms with van der Waals surface area (Å²) in [6, 6.07) is 0. The van der Waals surface area contributed by atoms with Crippen molar-refractivity contribution in [3.63, 3.8) is 0 Å². The van der Waals surface area contributed by atoms with E-state index in [1.54, 1.807) is 14.0 Å². The Morgan fingerprint density at radius 2 is 2.25 bits per heavy atom. The fourth-order valence-electron chi connectivity index (χ4n) is 1.64. The fraction of sp³-hybridized carbons (Fsp3) is 0.875. The molecule has 1 aliphatic heterocycles. The molecule has 0 aromatic carbocycles. The molecule has 0 aliphatic carbocycles. The van der Waals surface area contributed by atoms with E-state index in [4.69, 9.17) is 0 Å². The largest absolute Gasteiger partial charge is 0.345 e. The van der Waals surface area contributed by atoms with Crippen molar-refractivity contribution in [2.75, 3.05) is 13.6 Å². The van der Waals surface area contributed by atoms with E-state index in [9.17, 15) is 13.6 Å². The van der Waals surface area contributed by atoms with Crippen LogP contribution in [0.5, 0.6) is 0 Å². The molecule has 0 radical (unpaired) electrons. The highest BCUT2D eigenvalue weighted by atomic mass is 19.3. The van der Waals surface area contributed by atoms with Crippen LogP contribution in [-0.4, -0.2) is 30.8 Å². The first kappa shape index (κ1) is 9.42. The normalized spacial score (nSPS) is 30.4. The van der Waals surface area contributed by atoms with E-state index in [-0.39, 0.29) is 12.8 Å². The average Bonchev–Trinajstić information content (AvgIpc) is 2.31. The summed E-state index contributed by atoms with van der Waals surface area (Å²) in [5.41, 5.74) is -1.38. The number of nitrogens with zero attached hydrogens (tertiary/aromatic N) is 1. The second kappa shape index (κ2) is 2.99. The van der Waals surface area contributed by atoms with E-state index in [1.165, 1.54) is 4.90 Å². The Bertz CT molecular complexity index is 195. The van der Waals surface area contributed by atoms with Crippen LogP contribution in [0.15, 0.2) is 0 Å². The predicted octanol–water partition coefficient (Wildman–Crippen LogP) is 1.51. The lowest BCUT2D eigenvalue weighted by Gasteiger charge is -2.23. The van der Waals surface area contributed by atoms with E-state index in [2.05, 4.69) is 0 Å². The quantitative estimate of drug-likeness (QED) is 0.626. The molecule has 0 aromatic heterocycles. The maximum absolute atomic E-state index is 12.6. The topological polar surface area (TPSA) is 20.3 Å². The number of hydrogen-bond donors (Lipinski definition) is 0. The Morgan fingerprint density at radius 3 is 2.42 bits per heavy atom. The molecule has 0 spiro atoms. The number of hydrogen-bond acceptors (Lipinski definition) is 1. The zero-order valence-corrected chi connectivity index (χ0v) is 7.31. The molecule has 1 rings (SSSR count). The number of alkyl halides is 2. The molecule has 1 heterocycles. The first-order valence-electron chi connectivity index (χ1n) is 4.08. The summed E-state index contributed by atoms with van der Waals surface area (Å²) in [6.07, 6.45) is -2.01. The van der Waals surface area contributed by atoms with E-state index < -0.39 is 17.7 Å². The van der Waals surface area contributed by atoms with Crippen LogP contribution in [0.4, 0.5) is 8.78 Å². The van der Waals surface area contributed by atoms with Crippen molar-refractivity contribution in [1.82, 2.24) is 4.90 Å². The summed E-state index contributed by atoms with van der Waals surface area (Å²) in [4.78, 5) is 12.7. The molecule has 0 aromatic rings. The summed E-state index contributed by atoms with van der Waals surface area (Å²) in [5, 5.41) is 0. The summed E-state index contributed by atoms with van der Waals surface area (Å²) in [6.45, 7) is 2.10. The van der Waals surface area contributed by atoms with Crippen molar-refractivity contribution >= 4 is 5.91 Å². The Labute approximate surface area is 70.5 Å². The maximum Gasteiger partial charge on any atom is 0.252 e. The number of rotatable bonds is 2. The van der Waals surface area contributed by atoms with Gasteiger partial charge >= 0.3 is 0 Å². The summed E-state index contributed by atoms with van der Waals surface area (Å²) in [7, 11) is 1.57. The van der Waals surface area contributed by atoms with Gasteiger partial charge in [0, 0.05) is 13.6 Å². The van der Waals surface area contributed by atoms with Gasteiger partial charge in [0.05, 0.1) is 0 Å². The van der Waals surface area contributed by atoms with Crippen LogP contribution < -0.4 is 0 Å². The fourth-order valence-corrected chi connectivity index (χ4v) is 1.64. The van der Waals surface area contributed by atoms with Gasteiger partial charge in [-0.1, -0.05) is 6.92 Å². The molecule has 1 amide bonds. The van der Waals surface area contributed by atoms with Crippen LogP contribution in [0.25, 0.3) is 0 Å². The monoisotopic (exact) mass is 177 g/mol. The molecule has 0 bridgehead atoms. The zero-order chi connectivity index (χ0) is 9.35. The van der Waals surface area contributed by atoms with Gasteiger partial charge in [-0.2, -0.15) is 0 Å². The Kier molecular flexibility index (Phi) is 2.35. The number of likely N-dealkylation sites (tertiary alicyclic amines) is 1. The molecular formula is C8H13F2NO. The van der Waals surface area contributed by atoms with Gasteiger partial charge in [0.25, 0.3) is 6.43 Å². The van der Waals surface area contributed by atoms with E-state index >= 15 is 0 Å². The van der Waals surface area contributed by atoms with Gasteiger partial charge in [-0.25, -0.2) is 8.78 Å². The molecule has 12 heavy (non-hydrogen) atoms. The molecule has 2 nitrogen and oxygen atoms in total. The number of carbonyl (C=O) groups is 1. The molecule has 1 saturated heterocycles. The van der Waals surface area contributed by atoms with Crippen LogP contribution in [0.1, 0.15) is 19.8 Å². The van der Waals surface area contributed by atoms with E-state index in [0.29, 0.717) is 6.54 Å². The number of amides is 1. The summed E-state index contributed by atoms with van der Waals surface area (Å²) in [5.74, 6) is -0.403. The molecule has 1 fully saturated rings. The SMILES string of the molecule is CCC1(C(F)F)CCN(C)C1=O. The molecular weight excluding hydrogens is 164 g/mol. The van der Waals surface area contributed by atoms with Gasteiger partial charge in [0.2, 0.25) is 5.91 Å². The molecule has 4 heteroatoms. The first-order chi connectivity index (χ1) is 5.54. The van der Waals surface area contributed by atoms with Gasteiger partial charge in [0.15, 0.2) is 0 Å². The van der Waals surface area contributed by atoms with Crippen molar-refractivity contribution < 1.29 is 13.6 Å². The van der Waals surface area contributed by atoms with Gasteiger partial charge < -0.3 is 4.90 Å². The van der Waals surface area contributed by atoms with Gasteiger partial charge in [-0.15, -0.1) is 0 Å². The maximum atomic E-state index is 12.6. The van der Waals surface area contributed by atoms with Crippen molar-refractivity contribution in [2.24, 2.45) is 5.41 Å². The minimum atomic E-state index is -2.53. The van der Waals surface area contributed by atoms with Crippen LogP contribution in [0.2, 0.25) is 0 Å². The highest BCUT2D eigenvalue weighted by Gasteiger charge is 2.50. The van der Waals surface area contributed by atoms with E-state index in [0.717, 1.165) is 0 Å². The molecule has 0 N–H and O–H groups in total. The van der Waals surface area contributed by atoms with E-state index in [1.807, 2.05) is 0 Å². The molecule has 1 unspecified atom stereocenters. The van der Waals surface area contributed by atoms with Crippen LogP contribution in [0, 0.1) is 5.41 Å². The highest BCUT2D eigenvalue weighted by molar-refractivity contribution is 5.85. The number of carbonyl (C=O) groups excluding carboxylic acids is 1. The lowest BCUT2D eigenvalue weighted by atomic mass is 9.84. The summed E-state index contributed by atoms with van der Waals surface area (Å²) < 4.78 is 25.1. The second-order valence-corrected chi connectivity index (χ2v) is 3.29. The van der Waals surface area contributed by atoms with Crippen LogP contribution in [-0.2, 0) is 4.79 Å². The lowest BCUT2D eigenvalue weighted by molar-refractivity contribution is -0.143. The smallest absolute Gasteiger partial charge is 0.252 e. The Balaban J connectivity index is 2.88. The Hall–Kier alpha value is -0.670. The van der Waals surface area contributed by atoms with Crippen molar-refractivity contribution in [3.05, 3.63) is 0 Å². The standard InChI is InChI=1S/C8H13F2NO/c1-3-8(6(9)10)4-5-11(2)7(8)12/h6H,3-5H2,1-2H3. The van der Waals surface area contributed by atoms with Crippen LogP contribution >= 0.6 is 0 Å². The molecule has 70 valence electrons. The second-order valence-electron chi connectivity index (χ2n) is 3.29. The zero-order valence-electron chi connectivity index (χ0n) is 7.31. The minimum absolute atomic E-state index is 0.230. The van der Waals surface area contributed by atoms with Gasteiger partial charge in [0.1, 0.15) is 5.41 Å². The minimum Gasteiger partial charge on any atom is -0.345 e. The first-order valence-corrected chi connectivity index (χ1v) is 4.08. The lowest BCUT2D eigenvalue weighted by Crippen LogP contribution is -2.37. The summed E-state index contributed by atoms with van der Waals surface area (Å²) >= 11 is 0. The van der Waals surface area contributed by atoms with Crippen molar-refractivity contribution in [1.29, 1.82) is 0 Å². The van der Waals surface area contributed by atoms with Crippen molar-refractivity contribution in [2.45, 2.75) is 26.2 Å². The molecule has 1 atom stereocenters. The predicted molar refractivity (Wildman–Crippen MR) is 41.0 cm³/mol. The third-order valence-corrected chi connectivity index (χ3v) is 2.71. The Morgan fingerprint density at radius 1 is 1.67 bits per heavy atom. The third-order valence-electron chi connectivity index (χ3n) is 2.71. The van der Waals surface area contributed by atoms with Crippen molar-refractivity contribution in [3.8, 4) is 0 Å². The third kappa shape index (κ3) is 1.09. The highest BCUT2D eigenvalue weighted by Crippen LogP contribution is 2.40. The number of halogens is 2. The molecule has 1 aliphatic rings.